The van der Waals surface area contributed by atoms with Crippen molar-refractivity contribution in [3.8, 4) is 11.5 Å². The van der Waals surface area contributed by atoms with Gasteiger partial charge in [0.2, 0.25) is 5.82 Å². The second-order valence-corrected chi connectivity index (χ2v) is 6.21. The van der Waals surface area contributed by atoms with Gasteiger partial charge in [0.1, 0.15) is 6.61 Å². The van der Waals surface area contributed by atoms with Crippen LogP contribution in [0.4, 0.5) is 5.82 Å². The normalized spacial score (nSPS) is 15.9. The summed E-state index contributed by atoms with van der Waals surface area (Å²) in [5.41, 5.74) is -0.878. The van der Waals surface area contributed by atoms with Gasteiger partial charge in [-0.3, -0.25) is 14.3 Å². The molecule has 0 bridgehead atoms. The molecule has 1 aliphatic heterocycles. The molecular weight excluding hydrogens is 338 g/mol. The number of hydrogen-bond donors (Lipinski definition) is 1. The zero-order valence-electron chi connectivity index (χ0n) is 15.1. The Morgan fingerprint density at radius 1 is 1.27 bits per heavy atom. The Labute approximate surface area is 150 Å². The molecule has 0 saturated carbocycles. The lowest BCUT2D eigenvalue weighted by atomic mass is 10.3. The van der Waals surface area contributed by atoms with Crippen LogP contribution in [0.3, 0.4) is 0 Å². The first-order valence-electron chi connectivity index (χ1n) is 8.44. The summed E-state index contributed by atoms with van der Waals surface area (Å²) >= 11 is 0. The van der Waals surface area contributed by atoms with Crippen molar-refractivity contribution in [2.45, 2.75) is 12.6 Å². The molecule has 0 amide bonds. The van der Waals surface area contributed by atoms with E-state index in [9.17, 15) is 9.59 Å². The third-order valence-electron chi connectivity index (χ3n) is 4.29. The number of aryl methyl sites for hydroxylation is 1. The van der Waals surface area contributed by atoms with Crippen molar-refractivity contribution in [1.82, 2.24) is 19.2 Å². The number of nitrogens with zero attached hydrogens (tertiary/aromatic N) is 4. The molecule has 140 valence electrons. The van der Waals surface area contributed by atoms with Crippen LogP contribution in [-0.4, -0.2) is 52.2 Å². The molecule has 0 fully saturated rings. The Morgan fingerprint density at radius 2 is 2.00 bits per heavy atom. The minimum atomic E-state index is -0.449. The van der Waals surface area contributed by atoms with E-state index in [4.69, 9.17) is 9.47 Å². The number of anilines is 1. The highest BCUT2D eigenvalue weighted by Gasteiger charge is 2.23. The smallest absolute Gasteiger partial charge is 0.346 e. The standard InChI is InChI=1S/C17H23N5O4/c1-20(14-11-25-12-7-4-5-8-13(12)26-14)10-6-9-18-15-16(23)21(2)17(24)22(3)19-15/h4-5,7-8,14H,6,9-11H2,1-3H3,(H,18,19). The SMILES string of the molecule is CN(CCCNc1nn(C)c(=O)n(C)c1=O)C1COc2ccccc2O1. The molecule has 1 unspecified atom stereocenters. The summed E-state index contributed by atoms with van der Waals surface area (Å²) in [5.74, 6) is 1.67. The number of rotatable bonds is 6. The van der Waals surface area contributed by atoms with E-state index in [1.807, 2.05) is 31.3 Å². The Hall–Kier alpha value is -2.81. The summed E-state index contributed by atoms with van der Waals surface area (Å²) in [6.07, 6.45) is 0.611. The fourth-order valence-corrected chi connectivity index (χ4v) is 2.71. The first-order valence-corrected chi connectivity index (χ1v) is 8.44. The average molecular weight is 361 g/mol. The molecule has 3 rings (SSSR count). The maximum absolute atomic E-state index is 12.0. The lowest BCUT2D eigenvalue weighted by Crippen LogP contribution is -2.44. The molecule has 26 heavy (non-hydrogen) atoms. The van der Waals surface area contributed by atoms with Crippen LogP contribution in [0.1, 0.15) is 6.42 Å². The van der Waals surface area contributed by atoms with E-state index in [-0.39, 0.29) is 12.0 Å². The number of fused-ring (bicyclic) bond motifs is 1. The lowest BCUT2D eigenvalue weighted by Gasteiger charge is -2.32. The molecule has 1 aromatic carbocycles. The molecule has 1 aromatic heterocycles. The summed E-state index contributed by atoms with van der Waals surface area (Å²) in [6, 6.07) is 7.60. The Morgan fingerprint density at radius 3 is 2.77 bits per heavy atom. The minimum absolute atomic E-state index is 0.159. The van der Waals surface area contributed by atoms with E-state index < -0.39 is 11.2 Å². The fourth-order valence-electron chi connectivity index (χ4n) is 2.71. The van der Waals surface area contributed by atoms with Crippen molar-refractivity contribution in [3.05, 3.63) is 45.1 Å². The van der Waals surface area contributed by atoms with Crippen LogP contribution < -0.4 is 26.0 Å². The molecule has 0 saturated heterocycles. The molecule has 0 radical (unpaired) electrons. The Balaban J connectivity index is 1.50. The van der Waals surface area contributed by atoms with E-state index in [2.05, 4.69) is 15.3 Å². The number of likely N-dealkylation sites (N-methyl/N-ethyl adjacent to an activating group) is 1. The van der Waals surface area contributed by atoms with Crippen molar-refractivity contribution in [1.29, 1.82) is 0 Å². The molecule has 1 N–H and O–H groups in total. The first kappa shape index (κ1) is 18.0. The van der Waals surface area contributed by atoms with Crippen LogP contribution in [0.2, 0.25) is 0 Å². The zero-order valence-corrected chi connectivity index (χ0v) is 15.1. The quantitative estimate of drug-likeness (QED) is 0.725. The van der Waals surface area contributed by atoms with Crippen LogP contribution in [0, 0.1) is 0 Å². The first-order chi connectivity index (χ1) is 12.5. The zero-order chi connectivity index (χ0) is 18.7. The van der Waals surface area contributed by atoms with Gasteiger partial charge in [0.15, 0.2) is 17.7 Å². The van der Waals surface area contributed by atoms with Gasteiger partial charge in [-0.1, -0.05) is 12.1 Å². The second kappa shape index (κ2) is 7.61. The molecular formula is C17H23N5O4. The molecule has 0 spiro atoms. The van der Waals surface area contributed by atoms with Gasteiger partial charge in [-0.25, -0.2) is 9.48 Å². The van der Waals surface area contributed by atoms with E-state index in [0.29, 0.717) is 13.2 Å². The highest BCUT2D eigenvalue weighted by molar-refractivity contribution is 5.40. The van der Waals surface area contributed by atoms with Crippen LogP contribution >= 0.6 is 0 Å². The van der Waals surface area contributed by atoms with Gasteiger partial charge in [0.25, 0.3) is 5.56 Å². The predicted octanol–water partition coefficient (Wildman–Crippen LogP) is 0.0103. The molecule has 1 aliphatic rings. The lowest BCUT2D eigenvalue weighted by molar-refractivity contribution is -0.0152. The van der Waals surface area contributed by atoms with Gasteiger partial charge in [0.05, 0.1) is 0 Å². The summed E-state index contributed by atoms with van der Waals surface area (Å²) < 4.78 is 13.8. The fraction of sp³-hybridized carbons (Fsp3) is 0.471. The number of nitrogens with one attached hydrogen (secondary N) is 1. The topological polar surface area (TPSA) is 90.6 Å². The maximum atomic E-state index is 12.0. The molecule has 9 nitrogen and oxygen atoms in total. The van der Waals surface area contributed by atoms with Crippen LogP contribution in [-0.2, 0) is 14.1 Å². The van der Waals surface area contributed by atoms with E-state index in [0.717, 1.165) is 33.7 Å². The van der Waals surface area contributed by atoms with Gasteiger partial charge in [-0.2, -0.15) is 0 Å². The third kappa shape index (κ3) is 3.72. The molecule has 1 atom stereocenters. The highest BCUT2D eigenvalue weighted by Crippen LogP contribution is 2.31. The number of benzene rings is 1. The van der Waals surface area contributed by atoms with Crippen LogP contribution in [0.25, 0.3) is 0 Å². The number of aromatic nitrogens is 3. The Bertz CT molecular complexity index is 891. The van der Waals surface area contributed by atoms with Gasteiger partial charge in [0, 0.05) is 27.2 Å². The summed E-state index contributed by atoms with van der Waals surface area (Å²) in [6.45, 7) is 1.76. The van der Waals surface area contributed by atoms with Gasteiger partial charge in [-0.15, -0.1) is 5.10 Å². The summed E-state index contributed by atoms with van der Waals surface area (Å²) in [7, 11) is 4.91. The van der Waals surface area contributed by atoms with Crippen molar-refractivity contribution in [2.75, 3.05) is 32.1 Å². The maximum Gasteiger partial charge on any atom is 0.346 e. The van der Waals surface area contributed by atoms with Gasteiger partial charge >= 0.3 is 5.69 Å². The third-order valence-corrected chi connectivity index (χ3v) is 4.29. The molecule has 9 heteroatoms. The number of ether oxygens (including phenoxy) is 2. The van der Waals surface area contributed by atoms with E-state index in [1.54, 1.807) is 0 Å². The highest BCUT2D eigenvalue weighted by atomic mass is 16.6. The summed E-state index contributed by atoms with van der Waals surface area (Å²) in [5, 5.41) is 6.96. The number of para-hydroxylation sites is 2. The van der Waals surface area contributed by atoms with E-state index in [1.165, 1.54) is 14.1 Å². The van der Waals surface area contributed by atoms with Crippen molar-refractivity contribution in [2.24, 2.45) is 14.1 Å². The summed E-state index contributed by atoms with van der Waals surface area (Å²) in [4.78, 5) is 25.7. The van der Waals surface area contributed by atoms with E-state index >= 15 is 0 Å². The van der Waals surface area contributed by atoms with Crippen molar-refractivity contribution in [3.63, 3.8) is 0 Å². The molecule has 0 aliphatic carbocycles. The van der Waals surface area contributed by atoms with Gasteiger partial charge < -0.3 is 14.8 Å². The van der Waals surface area contributed by atoms with Crippen LogP contribution in [0.15, 0.2) is 33.9 Å². The average Bonchev–Trinajstić information content (AvgIpc) is 2.66. The second-order valence-electron chi connectivity index (χ2n) is 6.21. The molecule has 2 aromatic rings. The molecule has 2 heterocycles. The van der Waals surface area contributed by atoms with Crippen molar-refractivity contribution >= 4 is 5.82 Å². The predicted molar refractivity (Wildman–Crippen MR) is 96.8 cm³/mol. The monoisotopic (exact) mass is 361 g/mol. The Kier molecular flexibility index (Phi) is 5.27. The largest absolute Gasteiger partial charge is 0.484 e. The number of hydrogen-bond acceptors (Lipinski definition) is 7. The van der Waals surface area contributed by atoms with Crippen LogP contribution in [0.5, 0.6) is 11.5 Å². The van der Waals surface area contributed by atoms with Crippen molar-refractivity contribution < 1.29 is 9.47 Å². The van der Waals surface area contributed by atoms with Gasteiger partial charge in [-0.05, 0) is 25.6 Å². The minimum Gasteiger partial charge on any atom is -0.484 e.